The van der Waals surface area contributed by atoms with Crippen LogP contribution in [-0.2, 0) is 6.54 Å². The highest BCUT2D eigenvalue weighted by atomic mass is 32.1. The number of thiophene rings is 1. The van der Waals surface area contributed by atoms with Crippen LogP contribution in [0.25, 0.3) is 0 Å². The van der Waals surface area contributed by atoms with Gasteiger partial charge in [-0.3, -0.25) is 0 Å². The quantitative estimate of drug-likeness (QED) is 0.910. The number of nitrogens with zero attached hydrogens (tertiary/aromatic N) is 3. The van der Waals surface area contributed by atoms with Crippen LogP contribution in [0, 0.1) is 6.92 Å². The van der Waals surface area contributed by atoms with Crippen LogP contribution in [-0.4, -0.2) is 33.1 Å². The first-order valence-electron chi connectivity index (χ1n) is 8.27. The van der Waals surface area contributed by atoms with Crippen molar-refractivity contribution in [3.05, 3.63) is 40.6 Å². The average Bonchev–Trinajstić information content (AvgIpc) is 3.28. The number of aryl methyl sites for hydroxylation is 1. The van der Waals surface area contributed by atoms with Crippen LogP contribution in [0.2, 0.25) is 0 Å². The Labute approximate surface area is 141 Å². The Morgan fingerprint density at radius 3 is 3.09 bits per heavy atom. The summed E-state index contributed by atoms with van der Waals surface area (Å²) >= 11 is 1.70. The monoisotopic (exact) mass is 332 g/mol. The van der Waals surface area contributed by atoms with Crippen LogP contribution in [0.1, 0.15) is 42.9 Å². The molecule has 3 heterocycles. The van der Waals surface area contributed by atoms with Gasteiger partial charge in [-0.25, -0.2) is 9.78 Å². The summed E-state index contributed by atoms with van der Waals surface area (Å²) < 4.78 is 2.13. The van der Waals surface area contributed by atoms with Gasteiger partial charge < -0.3 is 14.8 Å². The van der Waals surface area contributed by atoms with Crippen LogP contribution >= 0.6 is 11.3 Å². The number of urea groups is 1. The minimum absolute atomic E-state index is 0.0607. The molecule has 2 aromatic rings. The first kappa shape index (κ1) is 16.1. The van der Waals surface area contributed by atoms with E-state index >= 15 is 0 Å². The number of hydrogen-bond acceptors (Lipinski definition) is 3. The minimum Gasteiger partial charge on any atom is -0.333 e. The van der Waals surface area contributed by atoms with Crippen LogP contribution in [0.15, 0.2) is 29.9 Å². The van der Waals surface area contributed by atoms with Gasteiger partial charge in [0.2, 0.25) is 0 Å². The molecule has 0 spiro atoms. The summed E-state index contributed by atoms with van der Waals surface area (Å²) in [6, 6.07) is 4.55. The zero-order valence-electron chi connectivity index (χ0n) is 13.7. The predicted molar refractivity (Wildman–Crippen MR) is 92.6 cm³/mol. The lowest BCUT2D eigenvalue weighted by atomic mass is 10.2. The van der Waals surface area contributed by atoms with Crippen LogP contribution in [0.5, 0.6) is 0 Å². The third-order valence-electron chi connectivity index (χ3n) is 4.56. The number of aromatic nitrogens is 2. The van der Waals surface area contributed by atoms with E-state index in [0.717, 1.165) is 38.2 Å². The van der Waals surface area contributed by atoms with Crippen LogP contribution in [0.4, 0.5) is 4.79 Å². The zero-order chi connectivity index (χ0) is 16.2. The summed E-state index contributed by atoms with van der Waals surface area (Å²) in [4.78, 5) is 20.2. The van der Waals surface area contributed by atoms with Crippen molar-refractivity contribution in [3.8, 4) is 0 Å². The molecule has 2 amide bonds. The normalized spacial score (nSPS) is 19.0. The summed E-state index contributed by atoms with van der Waals surface area (Å²) in [5, 5.41) is 5.27. The molecule has 1 saturated heterocycles. The molecule has 0 bridgehead atoms. The van der Waals surface area contributed by atoms with E-state index in [1.54, 1.807) is 11.3 Å². The third kappa shape index (κ3) is 3.58. The first-order valence-corrected chi connectivity index (χ1v) is 9.15. The number of likely N-dealkylation sites (tertiary alicyclic amines) is 1. The average molecular weight is 332 g/mol. The smallest absolute Gasteiger partial charge is 0.318 e. The highest BCUT2D eigenvalue weighted by Gasteiger charge is 2.30. The highest BCUT2D eigenvalue weighted by molar-refractivity contribution is 7.10. The van der Waals surface area contributed by atoms with E-state index in [9.17, 15) is 4.79 Å². The van der Waals surface area contributed by atoms with E-state index in [4.69, 9.17) is 0 Å². The number of carbonyl (C=O) groups is 1. The Morgan fingerprint density at radius 1 is 1.57 bits per heavy atom. The molecule has 0 saturated carbocycles. The molecule has 1 aliphatic heterocycles. The molecule has 0 aliphatic carbocycles. The molecule has 1 aliphatic rings. The summed E-state index contributed by atoms with van der Waals surface area (Å²) in [5.74, 6) is 1.00. The molecule has 3 rings (SSSR count). The number of nitrogens with one attached hydrogen (secondary N) is 1. The molecule has 23 heavy (non-hydrogen) atoms. The Hall–Kier alpha value is -1.82. The molecule has 1 fully saturated rings. The maximum absolute atomic E-state index is 12.7. The highest BCUT2D eigenvalue weighted by Crippen LogP contribution is 2.24. The van der Waals surface area contributed by atoms with Crippen molar-refractivity contribution in [3.63, 3.8) is 0 Å². The van der Waals surface area contributed by atoms with Crippen molar-refractivity contribution in [1.82, 2.24) is 19.8 Å². The van der Waals surface area contributed by atoms with E-state index in [1.807, 2.05) is 30.3 Å². The number of amides is 2. The van der Waals surface area contributed by atoms with Crippen molar-refractivity contribution >= 4 is 17.4 Å². The second-order valence-corrected chi connectivity index (χ2v) is 7.02. The van der Waals surface area contributed by atoms with Crippen molar-refractivity contribution in [2.75, 3.05) is 6.54 Å². The minimum atomic E-state index is 0.0607. The Morgan fingerprint density at radius 2 is 2.43 bits per heavy atom. The van der Waals surface area contributed by atoms with Gasteiger partial charge in [-0.1, -0.05) is 13.0 Å². The van der Waals surface area contributed by atoms with Gasteiger partial charge in [0.25, 0.3) is 0 Å². The van der Waals surface area contributed by atoms with Gasteiger partial charge in [0.15, 0.2) is 0 Å². The van der Waals surface area contributed by atoms with Crippen molar-refractivity contribution in [2.45, 2.75) is 51.7 Å². The number of rotatable bonds is 5. The Kier molecular flexibility index (Phi) is 5.00. The SMILES string of the molecule is CC[C@@H](NC(=O)N1CCC[C@H]1Cn1ccnc1C)c1cccs1. The van der Waals surface area contributed by atoms with Gasteiger partial charge in [-0.2, -0.15) is 0 Å². The predicted octanol–water partition coefficient (Wildman–Crippen LogP) is 3.58. The van der Waals surface area contributed by atoms with Crippen molar-refractivity contribution in [1.29, 1.82) is 0 Å². The van der Waals surface area contributed by atoms with Gasteiger partial charge in [-0.05, 0) is 37.6 Å². The van der Waals surface area contributed by atoms with Gasteiger partial charge in [-0.15, -0.1) is 11.3 Å². The fourth-order valence-corrected chi connectivity index (χ4v) is 4.07. The molecule has 2 atom stereocenters. The first-order chi connectivity index (χ1) is 11.2. The Balaban J connectivity index is 1.64. The van der Waals surface area contributed by atoms with E-state index in [-0.39, 0.29) is 18.1 Å². The lowest BCUT2D eigenvalue weighted by molar-refractivity contribution is 0.183. The van der Waals surface area contributed by atoms with Crippen molar-refractivity contribution < 1.29 is 4.79 Å². The lowest BCUT2D eigenvalue weighted by Crippen LogP contribution is -2.45. The molecule has 2 aromatic heterocycles. The topological polar surface area (TPSA) is 50.2 Å². The molecule has 0 unspecified atom stereocenters. The molecule has 6 heteroatoms. The van der Waals surface area contributed by atoms with Crippen LogP contribution < -0.4 is 5.32 Å². The van der Waals surface area contributed by atoms with E-state index in [1.165, 1.54) is 4.88 Å². The van der Waals surface area contributed by atoms with E-state index in [0.29, 0.717) is 0 Å². The largest absolute Gasteiger partial charge is 0.333 e. The summed E-state index contributed by atoms with van der Waals surface area (Å²) in [6.45, 7) is 5.78. The van der Waals surface area contributed by atoms with Gasteiger partial charge in [0, 0.05) is 30.4 Å². The molecule has 5 nitrogen and oxygen atoms in total. The van der Waals surface area contributed by atoms with Gasteiger partial charge in [0.05, 0.1) is 12.1 Å². The van der Waals surface area contributed by atoms with E-state index in [2.05, 4.69) is 33.2 Å². The summed E-state index contributed by atoms with van der Waals surface area (Å²) in [6.07, 6.45) is 6.84. The molecule has 1 N–H and O–H groups in total. The zero-order valence-corrected chi connectivity index (χ0v) is 14.6. The fraction of sp³-hybridized carbons (Fsp3) is 0.529. The fourth-order valence-electron chi connectivity index (χ4n) is 3.21. The molecular weight excluding hydrogens is 308 g/mol. The van der Waals surface area contributed by atoms with Gasteiger partial charge >= 0.3 is 6.03 Å². The standard InChI is InChI=1S/C17H24N4OS/c1-3-15(16-7-5-11-23-16)19-17(22)21-9-4-6-14(21)12-20-10-8-18-13(20)2/h5,7-8,10-11,14-15H,3-4,6,9,12H2,1-2H3,(H,19,22)/t14-,15+/m0/s1. The summed E-state index contributed by atoms with van der Waals surface area (Å²) in [7, 11) is 0. The molecule has 124 valence electrons. The summed E-state index contributed by atoms with van der Waals surface area (Å²) in [5.41, 5.74) is 0. The maximum Gasteiger partial charge on any atom is 0.318 e. The Bertz CT molecular complexity index is 637. The number of imidazole rings is 1. The van der Waals surface area contributed by atoms with E-state index < -0.39 is 0 Å². The lowest BCUT2D eigenvalue weighted by Gasteiger charge is -2.28. The molecule has 0 aromatic carbocycles. The van der Waals surface area contributed by atoms with Gasteiger partial charge in [0.1, 0.15) is 5.82 Å². The second-order valence-electron chi connectivity index (χ2n) is 6.04. The van der Waals surface area contributed by atoms with Crippen molar-refractivity contribution in [2.24, 2.45) is 0 Å². The second kappa shape index (κ2) is 7.17. The number of hydrogen-bond donors (Lipinski definition) is 1. The number of carbonyl (C=O) groups excluding carboxylic acids is 1. The molecule has 0 radical (unpaired) electrons. The molecular formula is C17H24N4OS. The maximum atomic E-state index is 12.7. The third-order valence-corrected chi connectivity index (χ3v) is 5.55. The van der Waals surface area contributed by atoms with Crippen LogP contribution in [0.3, 0.4) is 0 Å².